The molecule has 4 fully saturated rings. The van der Waals surface area contributed by atoms with E-state index in [1.54, 1.807) is 0 Å². The van der Waals surface area contributed by atoms with Gasteiger partial charge >= 0.3 is 0 Å². The lowest BCUT2D eigenvalue weighted by Gasteiger charge is -2.67. The van der Waals surface area contributed by atoms with Crippen molar-refractivity contribution >= 4 is 0 Å². The van der Waals surface area contributed by atoms with Crippen molar-refractivity contribution in [2.45, 2.75) is 122 Å². The van der Waals surface area contributed by atoms with E-state index >= 15 is 0 Å². The van der Waals surface area contributed by atoms with Crippen LogP contribution in [-0.4, -0.2) is 39.7 Å². The lowest BCUT2D eigenvalue weighted by molar-refractivity contribution is -0.182. The van der Waals surface area contributed by atoms with Crippen molar-refractivity contribution in [3.05, 3.63) is 0 Å². The predicted octanol–water partition coefficient (Wildman–Crippen LogP) is 4.64. The van der Waals surface area contributed by atoms with Crippen molar-refractivity contribution in [3.8, 4) is 0 Å². The van der Waals surface area contributed by atoms with Crippen LogP contribution in [-0.2, 0) is 0 Å². The molecule has 0 spiro atoms. The maximum Gasteiger partial charge on any atom is 0.0577 e. The first-order valence-corrected chi connectivity index (χ1v) is 13.5. The molecule has 0 heterocycles. The van der Waals surface area contributed by atoms with Crippen LogP contribution >= 0.6 is 0 Å². The summed E-state index contributed by atoms with van der Waals surface area (Å²) >= 11 is 0. The largest absolute Gasteiger partial charge is 0.396 e. The molecular weight excluding hydrogens is 386 g/mol. The number of rotatable bonds is 7. The normalized spacial score (nSPS) is 50.4. The average Bonchev–Trinajstić information content (AvgIpc) is 3.10. The number of aliphatic hydroxyl groups excluding tert-OH is 3. The molecule has 4 rings (SSSR count). The van der Waals surface area contributed by atoms with Gasteiger partial charge in [-0.3, -0.25) is 0 Å². The summed E-state index contributed by atoms with van der Waals surface area (Å²) in [5, 5.41) is 32.2. The molecule has 180 valence electrons. The molecule has 4 unspecified atom stereocenters. The Kier molecular flexibility index (Phi) is 6.88. The van der Waals surface area contributed by atoms with Gasteiger partial charge in [-0.1, -0.05) is 46.5 Å². The zero-order valence-electron chi connectivity index (χ0n) is 20.4. The molecule has 5 N–H and O–H groups in total. The Morgan fingerprint density at radius 2 is 1.71 bits per heavy atom. The standard InChI is InChI=1S/C27H49NO3/c1-4-5-6-7-8-23(30)20-10-9-19-21-16-24(31)22-15-18(17-29)11-12-26(22,3)27(21,28)14-13-25(19,20)2/h18-24,29-31H,4-17,28H2,1-3H3/t18?,19?,20?,21-,22?,23-,24-,25-,26-,27+/m0/s1. The van der Waals surface area contributed by atoms with Crippen molar-refractivity contribution in [2.24, 2.45) is 46.2 Å². The first kappa shape index (κ1) is 24.0. The van der Waals surface area contributed by atoms with E-state index in [2.05, 4.69) is 20.8 Å². The molecule has 0 aliphatic heterocycles. The molecule has 4 saturated carbocycles. The van der Waals surface area contributed by atoms with Gasteiger partial charge < -0.3 is 21.1 Å². The van der Waals surface area contributed by atoms with Gasteiger partial charge in [0.1, 0.15) is 0 Å². The molecule has 0 aromatic heterocycles. The lowest BCUT2D eigenvalue weighted by Crippen LogP contribution is -2.72. The van der Waals surface area contributed by atoms with Crippen LogP contribution in [0.4, 0.5) is 0 Å². The smallest absolute Gasteiger partial charge is 0.0577 e. The van der Waals surface area contributed by atoms with Crippen molar-refractivity contribution in [1.29, 1.82) is 0 Å². The second-order valence-corrected chi connectivity index (χ2v) is 12.5. The third-order valence-electron chi connectivity index (χ3n) is 11.3. The molecule has 0 radical (unpaired) electrons. The highest BCUT2D eigenvalue weighted by Gasteiger charge is 2.67. The summed E-state index contributed by atoms with van der Waals surface area (Å²) in [6.45, 7) is 7.27. The fourth-order valence-corrected chi connectivity index (χ4v) is 9.22. The Labute approximate surface area is 190 Å². The average molecular weight is 436 g/mol. The monoisotopic (exact) mass is 435 g/mol. The maximum atomic E-state index is 11.3. The van der Waals surface area contributed by atoms with Crippen LogP contribution in [0.2, 0.25) is 0 Å². The summed E-state index contributed by atoms with van der Waals surface area (Å²) in [5.74, 6) is 1.79. The Balaban J connectivity index is 1.53. The van der Waals surface area contributed by atoms with E-state index in [-0.39, 0.29) is 41.1 Å². The summed E-state index contributed by atoms with van der Waals surface area (Å²) in [6.07, 6.45) is 13.5. The highest BCUT2D eigenvalue weighted by molar-refractivity contribution is 5.20. The molecular formula is C27H49NO3. The summed E-state index contributed by atoms with van der Waals surface area (Å²) < 4.78 is 0. The van der Waals surface area contributed by atoms with Gasteiger partial charge in [0, 0.05) is 12.1 Å². The van der Waals surface area contributed by atoms with Crippen molar-refractivity contribution < 1.29 is 15.3 Å². The molecule has 0 saturated heterocycles. The molecule has 4 nitrogen and oxygen atoms in total. The van der Waals surface area contributed by atoms with E-state index in [0.29, 0.717) is 23.7 Å². The Bertz CT molecular complexity index is 628. The highest BCUT2D eigenvalue weighted by atomic mass is 16.3. The van der Waals surface area contributed by atoms with Crippen LogP contribution < -0.4 is 5.73 Å². The molecule has 4 heteroatoms. The second kappa shape index (κ2) is 8.89. The number of hydrogen-bond donors (Lipinski definition) is 4. The number of fused-ring (bicyclic) bond motifs is 5. The van der Waals surface area contributed by atoms with E-state index in [1.165, 1.54) is 19.3 Å². The van der Waals surface area contributed by atoms with Crippen molar-refractivity contribution in [1.82, 2.24) is 0 Å². The number of unbranched alkanes of at least 4 members (excludes halogenated alkanes) is 3. The first-order chi connectivity index (χ1) is 14.7. The molecule has 10 atom stereocenters. The summed E-state index contributed by atoms with van der Waals surface area (Å²) in [7, 11) is 0. The molecule has 4 aliphatic rings. The van der Waals surface area contributed by atoms with Gasteiger partial charge in [0.2, 0.25) is 0 Å². The first-order valence-electron chi connectivity index (χ1n) is 13.5. The highest BCUT2D eigenvalue weighted by Crippen LogP contribution is 2.69. The van der Waals surface area contributed by atoms with Crippen LogP contribution in [0.3, 0.4) is 0 Å². The molecule has 0 aromatic carbocycles. The van der Waals surface area contributed by atoms with Crippen molar-refractivity contribution in [2.75, 3.05) is 6.61 Å². The Morgan fingerprint density at radius 3 is 2.42 bits per heavy atom. The van der Waals surface area contributed by atoms with Crippen LogP contribution in [0.15, 0.2) is 0 Å². The summed E-state index contributed by atoms with van der Waals surface area (Å²) in [5.41, 5.74) is 7.31. The van der Waals surface area contributed by atoms with Crippen LogP contribution in [0, 0.1) is 40.4 Å². The molecule has 0 aromatic rings. The van der Waals surface area contributed by atoms with Crippen molar-refractivity contribution in [3.63, 3.8) is 0 Å². The Hall–Kier alpha value is -0.160. The van der Waals surface area contributed by atoms with Crippen LogP contribution in [0.5, 0.6) is 0 Å². The second-order valence-electron chi connectivity index (χ2n) is 12.5. The van der Waals surface area contributed by atoms with Gasteiger partial charge in [0.05, 0.1) is 12.2 Å². The number of aliphatic hydroxyl groups is 3. The van der Waals surface area contributed by atoms with Gasteiger partial charge in [0.25, 0.3) is 0 Å². The predicted molar refractivity (Wildman–Crippen MR) is 125 cm³/mol. The number of hydrogen-bond acceptors (Lipinski definition) is 4. The third kappa shape index (κ3) is 3.72. The number of nitrogens with two attached hydrogens (primary N) is 1. The van der Waals surface area contributed by atoms with E-state index in [9.17, 15) is 15.3 Å². The van der Waals surface area contributed by atoms with Crippen LogP contribution in [0.25, 0.3) is 0 Å². The zero-order valence-corrected chi connectivity index (χ0v) is 20.4. The van der Waals surface area contributed by atoms with Gasteiger partial charge in [-0.2, -0.15) is 0 Å². The van der Waals surface area contributed by atoms with E-state index < -0.39 is 0 Å². The topological polar surface area (TPSA) is 86.7 Å². The third-order valence-corrected chi connectivity index (χ3v) is 11.3. The van der Waals surface area contributed by atoms with Crippen LogP contribution in [0.1, 0.15) is 104 Å². The van der Waals surface area contributed by atoms with Gasteiger partial charge in [-0.25, -0.2) is 0 Å². The minimum Gasteiger partial charge on any atom is -0.396 e. The minimum absolute atomic E-state index is 0.0425. The maximum absolute atomic E-state index is 11.3. The van der Waals surface area contributed by atoms with Gasteiger partial charge in [0.15, 0.2) is 0 Å². The van der Waals surface area contributed by atoms with Gasteiger partial charge in [-0.05, 0) is 98.2 Å². The molecule has 0 bridgehead atoms. The van der Waals surface area contributed by atoms with E-state index in [1.807, 2.05) is 0 Å². The fraction of sp³-hybridized carbons (Fsp3) is 1.00. The summed E-state index contributed by atoms with van der Waals surface area (Å²) in [4.78, 5) is 0. The SMILES string of the molecule is CCCCCC[C@H](O)C1CCC2[C@@H]3C[C@H](O)C4CC(CO)CC[C@]4(C)[C@@]3(N)CC[C@]12C. The van der Waals surface area contributed by atoms with E-state index in [0.717, 1.165) is 64.2 Å². The minimum atomic E-state index is -0.304. The van der Waals surface area contributed by atoms with Gasteiger partial charge in [-0.15, -0.1) is 0 Å². The molecule has 4 aliphatic carbocycles. The quantitative estimate of drug-likeness (QED) is 0.439. The summed E-state index contributed by atoms with van der Waals surface area (Å²) in [6, 6.07) is 0. The fourth-order valence-electron chi connectivity index (χ4n) is 9.22. The Morgan fingerprint density at radius 1 is 0.935 bits per heavy atom. The lowest BCUT2D eigenvalue weighted by atomic mass is 9.40. The van der Waals surface area contributed by atoms with E-state index in [4.69, 9.17) is 5.73 Å². The zero-order chi connectivity index (χ0) is 22.4. The molecule has 0 amide bonds. The molecule has 31 heavy (non-hydrogen) atoms.